The molecule has 0 radical (unpaired) electrons. The number of hydrogen-bond donors (Lipinski definition) is 9. The fraction of sp³-hybridized carbons (Fsp3) is 0.545. The minimum atomic E-state index is -1.71. The molecule has 17 nitrogen and oxygen atoms in total. The van der Waals surface area contributed by atoms with Crippen LogP contribution in [0.2, 0.25) is 0 Å². The Labute approximate surface area is 352 Å². The van der Waals surface area contributed by atoms with E-state index in [1.54, 1.807) is 30.3 Å². The van der Waals surface area contributed by atoms with E-state index in [4.69, 9.17) is 28.4 Å². The first kappa shape index (κ1) is 44.6. The van der Waals surface area contributed by atoms with E-state index in [1.165, 1.54) is 56.4 Å². The maximum atomic E-state index is 14.1. The smallest absolute Gasteiger partial charge is 0.342 e. The van der Waals surface area contributed by atoms with E-state index in [9.17, 15) is 50.4 Å². The zero-order chi connectivity index (χ0) is 43.4. The lowest BCUT2D eigenvalue weighted by atomic mass is 9.77. The zero-order valence-electron chi connectivity index (χ0n) is 33.8. The van der Waals surface area contributed by atoms with Crippen LogP contribution in [-0.4, -0.2) is 127 Å². The molecule has 61 heavy (non-hydrogen) atoms. The number of benzene rings is 3. The molecule has 3 aromatic carbocycles. The van der Waals surface area contributed by atoms with E-state index in [0.717, 1.165) is 19.3 Å². The first-order valence-electron chi connectivity index (χ1n) is 21.0. The highest BCUT2D eigenvalue weighted by atomic mass is 16.7. The molecule has 4 heterocycles. The Bertz CT molecular complexity index is 1920. The van der Waals surface area contributed by atoms with Gasteiger partial charge < -0.3 is 74.6 Å². The molecule has 9 N–H and O–H groups in total. The van der Waals surface area contributed by atoms with Crippen molar-refractivity contribution in [2.45, 2.75) is 138 Å². The maximum Gasteiger partial charge on any atom is 0.342 e. The highest BCUT2D eigenvalue weighted by molar-refractivity contribution is 6.05. The standard InChI is InChI=1S/C44H55NO16/c1-2-3-4-5-6-7-8-9-10-14-33(48)45-28-13-11-12-27-34(28)41(55)61-44(27)25-17-15-23(56-42-39(53)37(51)35(49)31(21-46)59-42)19-29(25)58-30-20-24(16-18-26(30)44)57-43-40(54)38(52)36(50)32(22-47)60-43/h11-13,15-20,31-32,35-40,42-43,46-47,49-54H,2-10,14,21-22H2,1H3,(H,45,48)/t31-,32-,35+,36+,37+,38+,39-,40-,42-,43-/m1/s1. The van der Waals surface area contributed by atoms with Crippen LogP contribution in [0.1, 0.15) is 98.2 Å². The number of anilines is 1. The van der Waals surface area contributed by atoms with Gasteiger partial charge in [0.05, 0.1) is 24.5 Å². The van der Waals surface area contributed by atoms with Crippen LogP contribution in [-0.2, 0) is 24.6 Å². The topological polar surface area (TPSA) is 263 Å². The number of fused-ring (bicyclic) bond motifs is 6. The third kappa shape index (κ3) is 8.95. The molecular formula is C44H55NO16. The summed E-state index contributed by atoms with van der Waals surface area (Å²) in [7, 11) is 0. The van der Waals surface area contributed by atoms with Gasteiger partial charge in [0.15, 0.2) is 5.60 Å². The van der Waals surface area contributed by atoms with Crippen molar-refractivity contribution in [2.24, 2.45) is 0 Å². The summed E-state index contributed by atoms with van der Waals surface area (Å²) >= 11 is 0. The van der Waals surface area contributed by atoms with Crippen LogP contribution in [0, 0.1) is 0 Å². The van der Waals surface area contributed by atoms with Crippen LogP contribution in [0.3, 0.4) is 0 Å². The van der Waals surface area contributed by atoms with Gasteiger partial charge in [0.2, 0.25) is 18.5 Å². The largest absolute Gasteiger partial charge is 0.462 e. The maximum absolute atomic E-state index is 14.1. The number of esters is 1. The number of hydrogen-bond acceptors (Lipinski definition) is 16. The van der Waals surface area contributed by atoms with Crippen molar-refractivity contribution in [3.05, 3.63) is 76.9 Å². The third-order valence-corrected chi connectivity index (χ3v) is 11.8. The van der Waals surface area contributed by atoms with Gasteiger partial charge >= 0.3 is 5.97 Å². The van der Waals surface area contributed by atoms with Gasteiger partial charge in [0.1, 0.15) is 71.8 Å². The molecule has 0 aromatic heterocycles. The van der Waals surface area contributed by atoms with E-state index in [0.29, 0.717) is 23.1 Å². The van der Waals surface area contributed by atoms with Crippen LogP contribution >= 0.6 is 0 Å². The number of rotatable bonds is 17. The number of aliphatic hydroxyl groups is 8. The number of carbonyl (C=O) groups excluding carboxylic acids is 2. The van der Waals surface area contributed by atoms with Gasteiger partial charge in [-0.25, -0.2) is 4.79 Å². The highest BCUT2D eigenvalue weighted by Crippen LogP contribution is 2.58. The molecule has 17 heteroatoms. The summed E-state index contributed by atoms with van der Waals surface area (Å²) < 4.78 is 35.6. The van der Waals surface area contributed by atoms with Gasteiger partial charge in [-0.15, -0.1) is 0 Å². The van der Waals surface area contributed by atoms with Crippen LogP contribution in [0.5, 0.6) is 23.0 Å². The van der Waals surface area contributed by atoms with Gasteiger partial charge in [0.25, 0.3) is 0 Å². The fourth-order valence-corrected chi connectivity index (χ4v) is 8.39. The van der Waals surface area contributed by atoms with Crippen LogP contribution < -0.4 is 19.5 Å². The molecule has 2 saturated heterocycles. The van der Waals surface area contributed by atoms with Crippen molar-refractivity contribution < 1.29 is 78.9 Å². The Morgan fingerprint density at radius 1 is 0.656 bits per heavy atom. The van der Waals surface area contributed by atoms with Crippen molar-refractivity contribution >= 4 is 17.6 Å². The second kappa shape index (κ2) is 19.3. The van der Waals surface area contributed by atoms with E-state index in [2.05, 4.69) is 12.2 Å². The summed E-state index contributed by atoms with van der Waals surface area (Å²) in [5.41, 5.74) is -0.209. The fourth-order valence-electron chi connectivity index (χ4n) is 8.39. The van der Waals surface area contributed by atoms with E-state index in [1.807, 2.05) is 0 Å². The SMILES string of the molecule is CCCCCCCCCCCC(=O)Nc1cccc2c1C(=O)OC21c2ccc(O[C@@H]3O[C@H](CO)[C@H](O)[C@H](O)[C@H]3O)cc2Oc2cc(O[C@@H]3O[C@H](CO)[C@H](O)[C@H](O)[C@H]3O)ccc21. The molecule has 1 amide bonds. The van der Waals surface area contributed by atoms with E-state index < -0.39 is 86.2 Å². The van der Waals surface area contributed by atoms with Crippen molar-refractivity contribution in [3.63, 3.8) is 0 Å². The van der Waals surface area contributed by atoms with Crippen molar-refractivity contribution in [2.75, 3.05) is 18.5 Å². The molecule has 4 aliphatic heterocycles. The minimum Gasteiger partial charge on any atom is -0.462 e. The number of ether oxygens (including phenoxy) is 6. The average Bonchev–Trinajstić information content (AvgIpc) is 3.55. The molecule has 2 fully saturated rings. The summed E-state index contributed by atoms with van der Waals surface area (Å²) in [5, 5.41) is 84.9. The zero-order valence-corrected chi connectivity index (χ0v) is 33.8. The van der Waals surface area contributed by atoms with Gasteiger partial charge in [-0.1, -0.05) is 70.4 Å². The first-order valence-corrected chi connectivity index (χ1v) is 21.0. The third-order valence-electron chi connectivity index (χ3n) is 11.8. The normalized spacial score (nSPS) is 28.6. The van der Waals surface area contributed by atoms with Crippen LogP contribution in [0.4, 0.5) is 5.69 Å². The Morgan fingerprint density at radius 2 is 1.16 bits per heavy atom. The van der Waals surface area contributed by atoms with E-state index >= 15 is 0 Å². The van der Waals surface area contributed by atoms with E-state index in [-0.39, 0.29) is 46.6 Å². The second-order valence-electron chi connectivity index (χ2n) is 16.0. The predicted octanol–water partition coefficient (Wildman–Crippen LogP) is 2.47. The first-order chi connectivity index (χ1) is 29.4. The number of amides is 1. The molecule has 0 saturated carbocycles. The van der Waals surface area contributed by atoms with Crippen molar-refractivity contribution in [3.8, 4) is 23.0 Å². The summed E-state index contributed by atoms with van der Waals surface area (Å²) in [6.07, 6.45) is -5.38. The Balaban J connectivity index is 1.19. The molecule has 3 aromatic rings. The van der Waals surface area contributed by atoms with Crippen LogP contribution in [0.25, 0.3) is 0 Å². The number of aliphatic hydroxyl groups excluding tert-OH is 8. The molecule has 7 rings (SSSR count). The lowest BCUT2D eigenvalue weighted by Crippen LogP contribution is -2.60. The molecule has 332 valence electrons. The Hall–Kier alpha value is -4.40. The Kier molecular flexibility index (Phi) is 14.1. The molecule has 1 spiro atoms. The lowest BCUT2D eigenvalue weighted by molar-refractivity contribution is -0.277. The number of nitrogens with one attached hydrogen (secondary N) is 1. The summed E-state index contributed by atoms with van der Waals surface area (Å²) in [6.45, 7) is 0.852. The second-order valence-corrected chi connectivity index (χ2v) is 16.0. The van der Waals surface area contributed by atoms with Gasteiger partial charge in [-0.3, -0.25) is 4.79 Å². The van der Waals surface area contributed by atoms with Crippen molar-refractivity contribution in [1.82, 2.24) is 0 Å². The van der Waals surface area contributed by atoms with Gasteiger partial charge in [0, 0.05) is 35.2 Å². The predicted molar refractivity (Wildman–Crippen MR) is 214 cm³/mol. The molecule has 10 atom stereocenters. The average molecular weight is 854 g/mol. The van der Waals surface area contributed by atoms with Crippen LogP contribution in [0.15, 0.2) is 54.6 Å². The molecule has 0 aliphatic carbocycles. The lowest BCUT2D eigenvalue weighted by Gasteiger charge is -2.40. The van der Waals surface area contributed by atoms with Gasteiger partial charge in [-0.2, -0.15) is 0 Å². The quantitative estimate of drug-likeness (QED) is 0.0698. The summed E-state index contributed by atoms with van der Waals surface area (Å²) in [4.78, 5) is 27.3. The number of carbonyl (C=O) groups is 2. The minimum absolute atomic E-state index is 0.0532. The molecule has 4 aliphatic rings. The molecule has 0 unspecified atom stereocenters. The molecular weight excluding hydrogens is 798 g/mol. The highest BCUT2D eigenvalue weighted by Gasteiger charge is 2.55. The van der Waals surface area contributed by atoms with Gasteiger partial charge in [-0.05, 0) is 36.8 Å². The van der Waals surface area contributed by atoms with Crippen molar-refractivity contribution in [1.29, 1.82) is 0 Å². The number of unbranched alkanes of at least 4 members (excludes halogenated alkanes) is 8. The summed E-state index contributed by atoms with van der Waals surface area (Å²) in [6, 6.07) is 14.0. The Morgan fingerprint density at radius 3 is 1.67 bits per heavy atom. The molecule has 0 bridgehead atoms. The monoisotopic (exact) mass is 853 g/mol. The summed E-state index contributed by atoms with van der Waals surface area (Å²) in [5.74, 6) is -0.672.